The molecule has 0 N–H and O–H groups in total. The van der Waals surface area contributed by atoms with Crippen molar-refractivity contribution in [2.75, 3.05) is 0 Å². The number of pyridine rings is 2. The molecule has 0 unspecified atom stereocenters. The normalized spacial score (nSPS) is 11.5. The minimum Gasteiger partial charge on any atom is -0.309 e. The van der Waals surface area contributed by atoms with Crippen molar-refractivity contribution in [1.29, 1.82) is 0 Å². The maximum Gasteiger partial charge on any atom is 0.124 e. The summed E-state index contributed by atoms with van der Waals surface area (Å²) >= 11 is 1.73. The van der Waals surface area contributed by atoms with Crippen LogP contribution in [0, 0.1) is 0 Å². The Balaban J connectivity index is 1.39. The van der Waals surface area contributed by atoms with Crippen molar-refractivity contribution in [3.63, 3.8) is 0 Å². The van der Waals surface area contributed by atoms with Crippen LogP contribution in [0.15, 0.2) is 134 Å². The molecule has 0 aliphatic carbocycles. The summed E-state index contributed by atoms with van der Waals surface area (Å²) in [4.78, 5) is 13.9. The lowest BCUT2D eigenvalue weighted by atomic mass is 9.97. The van der Waals surface area contributed by atoms with Crippen LogP contribution in [0.4, 0.5) is 0 Å². The molecule has 4 nitrogen and oxygen atoms in total. The van der Waals surface area contributed by atoms with E-state index in [0.29, 0.717) is 0 Å². The summed E-state index contributed by atoms with van der Waals surface area (Å²) in [5, 5.41) is 3.48. The summed E-state index contributed by atoms with van der Waals surface area (Å²) in [6.07, 6.45) is 5.52. The van der Waals surface area contributed by atoms with Gasteiger partial charge in [-0.1, -0.05) is 54.6 Å². The number of hydrogen-bond acceptors (Lipinski definition) is 4. The van der Waals surface area contributed by atoms with Gasteiger partial charge in [0.2, 0.25) is 0 Å². The van der Waals surface area contributed by atoms with Crippen LogP contribution in [0.2, 0.25) is 0 Å². The van der Waals surface area contributed by atoms with Crippen LogP contribution >= 0.6 is 11.3 Å². The topological polar surface area (TPSA) is 43.6 Å². The molecule has 4 heterocycles. The lowest BCUT2D eigenvalue weighted by molar-refractivity contribution is 1.18. The maximum atomic E-state index is 4.94. The second-order valence-corrected chi connectivity index (χ2v) is 10.8. The Labute approximate surface area is 234 Å². The van der Waals surface area contributed by atoms with Gasteiger partial charge in [-0.25, -0.2) is 4.98 Å². The number of thiazole rings is 1. The first-order valence-electron chi connectivity index (χ1n) is 13.2. The second kappa shape index (κ2) is 9.26. The molecule has 0 bridgehead atoms. The van der Waals surface area contributed by atoms with Crippen LogP contribution in [0.3, 0.4) is 0 Å². The first kappa shape index (κ1) is 22.8. The Hall–Kier alpha value is -5.13. The third-order valence-electron chi connectivity index (χ3n) is 7.41. The Morgan fingerprint density at radius 1 is 0.575 bits per heavy atom. The first-order chi connectivity index (χ1) is 19.8. The number of para-hydroxylation sites is 2. The smallest absolute Gasteiger partial charge is 0.124 e. The highest BCUT2D eigenvalue weighted by Crippen LogP contribution is 2.39. The van der Waals surface area contributed by atoms with E-state index >= 15 is 0 Å². The lowest BCUT2D eigenvalue weighted by Crippen LogP contribution is -1.97. The fraction of sp³-hybridized carbons (Fsp3) is 0. The molecular weight excluding hydrogens is 508 g/mol. The molecule has 0 spiro atoms. The van der Waals surface area contributed by atoms with Crippen LogP contribution in [0.5, 0.6) is 0 Å². The van der Waals surface area contributed by atoms with Crippen molar-refractivity contribution in [2.24, 2.45) is 0 Å². The van der Waals surface area contributed by atoms with Crippen molar-refractivity contribution in [3.8, 4) is 38.6 Å². The van der Waals surface area contributed by atoms with E-state index in [1.165, 1.54) is 21.0 Å². The van der Waals surface area contributed by atoms with E-state index in [2.05, 4.69) is 94.5 Å². The average molecular weight is 531 g/mol. The fourth-order valence-corrected chi connectivity index (χ4v) is 6.53. The number of aromatic nitrogens is 4. The molecule has 0 amide bonds. The number of hydrogen-bond donors (Lipinski definition) is 0. The van der Waals surface area contributed by atoms with Crippen molar-refractivity contribution in [3.05, 3.63) is 134 Å². The molecule has 0 aliphatic rings. The Kier molecular flexibility index (Phi) is 5.28. The zero-order valence-corrected chi connectivity index (χ0v) is 22.2. The fourth-order valence-electron chi connectivity index (χ4n) is 5.57. The molecule has 0 saturated carbocycles. The SMILES string of the molecule is c1ccc(-c2cc(-n3c4ccccc4c4ccc(-c5nc6ccccc6s5)cc43)ccc2-c2ccncc2)nc1. The summed E-state index contributed by atoms with van der Waals surface area (Å²) in [6, 6.07) is 40.5. The van der Waals surface area contributed by atoms with Gasteiger partial charge in [0.15, 0.2) is 0 Å². The molecule has 188 valence electrons. The van der Waals surface area contributed by atoms with Crippen molar-refractivity contribution in [1.82, 2.24) is 19.5 Å². The van der Waals surface area contributed by atoms with Crippen LogP contribution in [-0.4, -0.2) is 19.5 Å². The van der Waals surface area contributed by atoms with E-state index in [1.807, 2.05) is 48.9 Å². The summed E-state index contributed by atoms with van der Waals surface area (Å²) in [6.45, 7) is 0. The maximum absolute atomic E-state index is 4.94. The van der Waals surface area contributed by atoms with Crippen molar-refractivity contribution in [2.45, 2.75) is 0 Å². The molecule has 40 heavy (non-hydrogen) atoms. The zero-order chi connectivity index (χ0) is 26.5. The average Bonchev–Trinajstić information content (AvgIpc) is 3.61. The molecule has 8 aromatic rings. The molecule has 8 rings (SSSR count). The summed E-state index contributed by atoms with van der Waals surface area (Å²) in [5.74, 6) is 0. The summed E-state index contributed by atoms with van der Waals surface area (Å²) < 4.78 is 3.56. The van der Waals surface area contributed by atoms with Crippen LogP contribution in [0.1, 0.15) is 0 Å². The van der Waals surface area contributed by atoms with Gasteiger partial charge in [-0.05, 0) is 71.8 Å². The van der Waals surface area contributed by atoms with Gasteiger partial charge in [-0.3, -0.25) is 9.97 Å². The molecule has 4 aromatic heterocycles. The van der Waals surface area contributed by atoms with E-state index < -0.39 is 0 Å². The minimum atomic E-state index is 0.937. The van der Waals surface area contributed by atoms with Crippen molar-refractivity contribution < 1.29 is 0 Å². The van der Waals surface area contributed by atoms with Gasteiger partial charge in [-0.15, -0.1) is 11.3 Å². The van der Waals surface area contributed by atoms with Gasteiger partial charge in [0.1, 0.15) is 5.01 Å². The summed E-state index contributed by atoms with van der Waals surface area (Å²) in [7, 11) is 0. The van der Waals surface area contributed by atoms with Gasteiger partial charge in [-0.2, -0.15) is 0 Å². The second-order valence-electron chi connectivity index (χ2n) is 9.75. The first-order valence-corrected chi connectivity index (χ1v) is 14.0. The molecule has 0 aliphatic heterocycles. The number of rotatable bonds is 4. The highest BCUT2D eigenvalue weighted by atomic mass is 32.1. The van der Waals surface area contributed by atoms with Crippen molar-refractivity contribution >= 4 is 43.4 Å². The van der Waals surface area contributed by atoms with E-state index in [4.69, 9.17) is 9.97 Å². The largest absolute Gasteiger partial charge is 0.309 e. The highest BCUT2D eigenvalue weighted by Gasteiger charge is 2.17. The third kappa shape index (κ3) is 3.71. The molecular formula is C35H22N4S. The molecule has 0 radical (unpaired) electrons. The summed E-state index contributed by atoms with van der Waals surface area (Å²) in [5.41, 5.74) is 9.83. The van der Waals surface area contributed by atoms with Crippen LogP contribution in [-0.2, 0) is 0 Å². The lowest BCUT2D eigenvalue weighted by Gasteiger charge is -2.14. The van der Waals surface area contributed by atoms with E-state index in [0.717, 1.165) is 49.7 Å². The standard InChI is InChI=1S/C35H22N4S/c1-3-10-32-27(7-1)28-14-12-24(35-38-31-9-2-4-11-34(31)40-35)21-33(28)39(32)25-13-15-26(23-16-19-36-20-17-23)29(22-25)30-8-5-6-18-37-30/h1-22H. The predicted molar refractivity (Wildman–Crippen MR) is 166 cm³/mol. The van der Waals surface area contributed by atoms with Gasteiger partial charge in [0.05, 0.1) is 26.9 Å². The molecule has 0 saturated heterocycles. The number of fused-ring (bicyclic) bond motifs is 4. The Bertz CT molecular complexity index is 2130. The Morgan fingerprint density at radius 2 is 1.40 bits per heavy atom. The number of benzene rings is 4. The monoisotopic (exact) mass is 530 g/mol. The number of nitrogens with zero attached hydrogens (tertiary/aromatic N) is 4. The molecule has 0 atom stereocenters. The quantitative estimate of drug-likeness (QED) is 0.228. The van der Waals surface area contributed by atoms with Crippen LogP contribution in [0.25, 0.3) is 70.7 Å². The van der Waals surface area contributed by atoms with E-state index in [9.17, 15) is 0 Å². The van der Waals surface area contributed by atoms with Crippen LogP contribution < -0.4 is 0 Å². The minimum absolute atomic E-state index is 0.937. The van der Waals surface area contributed by atoms with E-state index in [1.54, 1.807) is 11.3 Å². The zero-order valence-electron chi connectivity index (χ0n) is 21.4. The van der Waals surface area contributed by atoms with Gasteiger partial charge < -0.3 is 4.57 Å². The highest BCUT2D eigenvalue weighted by molar-refractivity contribution is 7.21. The third-order valence-corrected chi connectivity index (χ3v) is 8.49. The van der Waals surface area contributed by atoms with Gasteiger partial charge in [0.25, 0.3) is 0 Å². The van der Waals surface area contributed by atoms with Gasteiger partial charge in [0, 0.05) is 46.2 Å². The van der Waals surface area contributed by atoms with Gasteiger partial charge >= 0.3 is 0 Å². The molecule has 0 fully saturated rings. The predicted octanol–water partition coefficient (Wildman–Crippen LogP) is 9.18. The Morgan fingerprint density at radius 3 is 2.27 bits per heavy atom. The van der Waals surface area contributed by atoms with E-state index in [-0.39, 0.29) is 0 Å². The molecule has 4 aromatic carbocycles. The molecule has 5 heteroatoms.